The summed E-state index contributed by atoms with van der Waals surface area (Å²) in [4.78, 5) is 29.5. The first-order valence-corrected chi connectivity index (χ1v) is 38.1. The lowest BCUT2D eigenvalue weighted by molar-refractivity contribution is 0.207. The second kappa shape index (κ2) is 35.5. The molecule has 1 aliphatic rings. The average Bonchev–Trinajstić information content (AvgIpc) is 3.38. The van der Waals surface area contributed by atoms with E-state index in [1.165, 1.54) is 0 Å². The molecule has 1 aliphatic heterocycles. The van der Waals surface area contributed by atoms with Crippen molar-refractivity contribution in [3.05, 3.63) is 141 Å². The van der Waals surface area contributed by atoms with Gasteiger partial charge in [-0.15, -0.1) is 0 Å². The summed E-state index contributed by atoms with van der Waals surface area (Å²) in [5, 5.41) is 0. The van der Waals surface area contributed by atoms with E-state index in [0.717, 1.165) is 118 Å². The largest absolute Gasteiger partial charge is 0.495 e. The molecule has 17 nitrogen and oxygen atoms in total. The molecule has 0 amide bonds. The van der Waals surface area contributed by atoms with Gasteiger partial charge in [0, 0.05) is 151 Å². The molecule has 6 aromatic rings. The highest BCUT2D eigenvalue weighted by Gasteiger charge is 2.26. The maximum absolute atomic E-state index is 14.3. The van der Waals surface area contributed by atoms with Crippen molar-refractivity contribution < 1.29 is 36.9 Å². The summed E-state index contributed by atoms with van der Waals surface area (Å²) < 4.78 is 64.0. The van der Waals surface area contributed by atoms with Crippen LogP contribution in [-0.4, -0.2) is 169 Å². The highest BCUT2D eigenvalue weighted by molar-refractivity contribution is 7.66. The molecule has 0 radical (unpaired) electrons. The Morgan fingerprint density at radius 3 is 1.02 bits per heavy atom. The Bertz CT molecular complexity index is 3560. The van der Waals surface area contributed by atoms with Crippen molar-refractivity contribution in [1.82, 2.24) is 29.7 Å². The van der Waals surface area contributed by atoms with Gasteiger partial charge in [-0.05, 0) is 160 Å². The summed E-state index contributed by atoms with van der Waals surface area (Å²) in [7, 11) is -2.65. The number of rotatable bonds is 27. The van der Waals surface area contributed by atoms with Crippen LogP contribution >= 0.6 is 22.9 Å². The van der Waals surface area contributed by atoms with Gasteiger partial charge >= 0.3 is 0 Å². The zero-order chi connectivity index (χ0) is 66.4. The molecule has 92 heavy (non-hydrogen) atoms. The Morgan fingerprint density at radius 1 is 0.424 bits per heavy atom. The molecule has 7 rings (SSSR count). The van der Waals surface area contributed by atoms with Crippen molar-refractivity contribution in [2.45, 2.75) is 81.9 Å². The number of ether oxygens (including phenoxy) is 3. The zero-order valence-corrected chi connectivity index (χ0v) is 59.7. The number of benzene rings is 3. The third-order valence-electron chi connectivity index (χ3n) is 16.1. The number of methoxy groups -OCH3 is 3. The van der Waals surface area contributed by atoms with E-state index in [1.54, 1.807) is 46.8 Å². The summed E-state index contributed by atoms with van der Waals surface area (Å²) in [6.45, 7) is 35.3. The van der Waals surface area contributed by atoms with Crippen LogP contribution in [0, 0.1) is 35.5 Å². The molecule has 0 N–H and O–H groups in total. The van der Waals surface area contributed by atoms with E-state index in [2.05, 4.69) is 143 Å². The maximum atomic E-state index is 14.3. The predicted octanol–water partition coefficient (Wildman–Crippen LogP) is 11.3. The maximum Gasteiger partial charge on any atom is 0.247 e. The molecule has 1 saturated heterocycles. The van der Waals surface area contributed by atoms with Crippen LogP contribution in [-0.2, 0) is 42.3 Å². The lowest BCUT2D eigenvalue weighted by atomic mass is 10.1. The smallest absolute Gasteiger partial charge is 0.247 e. The van der Waals surface area contributed by atoms with Crippen molar-refractivity contribution in [2.75, 3.05) is 154 Å². The monoisotopic (exact) mass is 1310 g/mol. The van der Waals surface area contributed by atoms with E-state index >= 15 is 0 Å². The molecule has 3 aromatic heterocycles. The number of pyridine rings is 3. The van der Waals surface area contributed by atoms with Crippen molar-refractivity contribution in [3.8, 4) is 52.8 Å². The summed E-state index contributed by atoms with van der Waals surface area (Å²) in [5.41, 5.74) is 11.7. The number of hydrogen-bond donors (Lipinski definition) is 0. The molecule has 0 saturated carbocycles. The molecule has 20 heteroatoms. The first-order chi connectivity index (χ1) is 44.4. The molecular formula is C72H96N9O8P3. The standard InChI is InChI=1S/C72H96N9O8P3/c1-16-79(17-2)64-46-55(31-34-67(64)84-10)25-28-58-43-61(73-70(49-58)90(13)87-22-7)52-76-37-39-77(53-62-44-59(50-71(74-62)91(14,82)88-23-8)29-26-56-32-35-68(85-11)65(47-56)80(18-3)19-4)41-42-78(40-38-76)54-63-45-60(51-72(75-63)92(15,83)89-24-9)30-27-57-33-36-69(86-12)66(48-57)81(20-5)21-6/h31-36,43-51H,16-24,37-42,52-54H2,1-15H3. The molecule has 3 atom stereocenters. The summed E-state index contributed by atoms with van der Waals surface area (Å²) in [6.07, 6.45) is 0. The van der Waals surface area contributed by atoms with Gasteiger partial charge in [-0.25, -0.2) is 15.0 Å². The Hall–Kier alpha value is -6.76. The fourth-order valence-corrected chi connectivity index (χ4v) is 14.9. The SMILES string of the molecule is CCOP(C)c1cc(C#Cc2ccc(OC)c(N(CC)CC)c2)cc(CN2CCN(Cc3cc(C#Cc4ccc(OC)c(N(CC)CC)c4)cc(P(C)(=O)OCC)n3)CCN(Cc3cc(C#Cc4ccc(OC)c(N(CC)CC)c4)cc(P(C)(=O)OCC)n3)CC2)n1. The minimum atomic E-state index is -3.34. The number of nitrogens with zero attached hydrogens (tertiary/aromatic N) is 9. The van der Waals surface area contributed by atoms with Gasteiger partial charge in [0.1, 0.15) is 28.1 Å². The van der Waals surface area contributed by atoms with Crippen molar-refractivity contribution in [1.29, 1.82) is 0 Å². The lowest BCUT2D eigenvalue weighted by Gasteiger charge is -2.26. The molecular weight excluding hydrogens is 1210 g/mol. The van der Waals surface area contributed by atoms with Gasteiger partial charge in [0.05, 0.1) is 82.3 Å². The number of aromatic nitrogens is 3. The zero-order valence-electron chi connectivity index (χ0n) is 57.0. The van der Waals surface area contributed by atoms with E-state index in [9.17, 15) is 9.13 Å². The van der Waals surface area contributed by atoms with E-state index in [0.29, 0.717) is 87.5 Å². The third-order valence-corrected chi connectivity index (χ3v) is 21.2. The van der Waals surface area contributed by atoms with Crippen LogP contribution in [0.1, 0.15) is 113 Å². The highest BCUT2D eigenvalue weighted by Crippen LogP contribution is 2.42. The van der Waals surface area contributed by atoms with Gasteiger partial charge < -0.3 is 42.5 Å². The summed E-state index contributed by atoms with van der Waals surface area (Å²) in [6, 6.07) is 29.8. The van der Waals surface area contributed by atoms with Gasteiger partial charge in [-0.3, -0.25) is 23.8 Å². The van der Waals surface area contributed by atoms with Crippen molar-refractivity contribution in [3.63, 3.8) is 0 Å². The van der Waals surface area contributed by atoms with Crippen molar-refractivity contribution >= 4 is 56.3 Å². The summed E-state index contributed by atoms with van der Waals surface area (Å²) >= 11 is 0. The Balaban J connectivity index is 1.29. The Kier molecular flexibility index (Phi) is 28.0. The average molecular weight is 1310 g/mol. The minimum Gasteiger partial charge on any atom is -0.495 e. The number of anilines is 3. The molecule has 3 aromatic carbocycles. The van der Waals surface area contributed by atoms with Crippen LogP contribution in [0.4, 0.5) is 17.1 Å². The van der Waals surface area contributed by atoms with Crippen LogP contribution in [0.5, 0.6) is 17.2 Å². The molecule has 0 spiro atoms. The second-order valence-electron chi connectivity index (χ2n) is 22.3. The van der Waals surface area contributed by atoms with Crippen LogP contribution in [0.3, 0.4) is 0 Å². The molecule has 0 bridgehead atoms. The van der Waals surface area contributed by atoms with Crippen LogP contribution in [0.2, 0.25) is 0 Å². The quantitative estimate of drug-likeness (QED) is 0.0355. The molecule has 492 valence electrons. The van der Waals surface area contributed by atoms with Crippen LogP contribution in [0.15, 0.2) is 91.0 Å². The second-order valence-corrected chi connectivity index (χ2v) is 28.8. The minimum absolute atomic E-state index is 0.268. The Morgan fingerprint density at radius 2 is 0.728 bits per heavy atom. The van der Waals surface area contributed by atoms with Gasteiger partial charge in [0.25, 0.3) is 0 Å². The van der Waals surface area contributed by atoms with Gasteiger partial charge in [0.15, 0.2) is 0 Å². The first kappa shape index (κ1) is 72.7. The molecule has 3 unspecified atom stereocenters. The highest BCUT2D eigenvalue weighted by atomic mass is 31.2. The normalized spacial score (nSPS) is 14.7. The van der Waals surface area contributed by atoms with E-state index < -0.39 is 22.9 Å². The van der Waals surface area contributed by atoms with Gasteiger partial charge in [-0.1, -0.05) is 35.5 Å². The fourth-order valence-electron chi connectivity index (χ4n) is 11.2. The van der Waals surface area contributed by atoms with Crippen LogP contribution < -0.4 is 45.2 Å². The molecule has 0 aliphatic carbocycles. The van der Waals surface area contributed by atoms with Gasteiger partial charge in [0.2, 0.25) is 14.7 Å². The molecule has 4 heterocycles. The molecule has 1 fully saturated rings. The third kappa shape index (κ3) is 20.1. The van der Waals surface area contributed by atoms with E-state index in [-0.39, 0.29) is 13.2 Å². The first-order valence-electron chi connectivity index (χ1n) is 32.2. The fraction of sp³-hybridized carbons (Fsp3) is 0.458. The summed E-state index contributed by atoms with van der Waals surface area (Å²) in [5.74, 6) is 23.0. The van der Waals surface area contributed by atoms with E-state index in [1.807, 2.05) is 69.3 Å². The van der Waals surface area contributed by atoms with Crippen molar-refractivity contribution in [2.24, 2.45) is 0 Å². The van der Waals surface area contributed by atoms with Gasteiger partial charge in [-0.2, -0.15) is 0 Å². The lowest BCUT2D eigenvalue weighted by Crippen LogP contribution is -2.36. The number of hydrogen-bond acceptors (Lipinski definition) is 17. The topological polar surface area (TPSA) is 148 Å². The van der Waals surface area contributed by atoms with Crippen LogP contribution in [0.25, 0.3) is 0 Å². The Labute approximate surface area is 550 Å². The van der Waals surface area contributed by atoms with E-state index in [4.69, 9.17) is 42.7 Å². The predicted molar refractivity (Wildman–Crippen MR) is 380 cm³/mol.